The summed E-state index contributed by atoms with van der Waals surface area (Å²) in [6, 6.07) is 16.9. The van der Waals surface area contributed by atoms with Crippen LogP contribution in [-0.2, 0) is 15.6 Å². The van der Waals surface area contributed by atoms with Crippen molar-refractivity contribution in [2.24, 2.45) is 0 Å². The van der Waals surface area contributed by atoms with Crippen LogP contribution in [0.25, 0.3) is 27.7 Å². The van der Waals surface area contributed by atoms with Gasteiger partial charge in [-0.15, -0.1) is 0 Å². The van der Waals surface area contributed by atoms with Crippen LogP contribution >= 0.6 is 11.6 Å². The highest BCUT2D eigenvalue weighted by Crippen LogP contribution is 2.34. The Kier molecular flexibility index (Phi) is 6.73. The van der Waals surface area contributed by atoms with Gasteiger partial charge in [0.05, 0.1) is 28.2 Å². The Morgan fingerprint density at radius 1 is 1.00 bits per heavy atom. The smallest absolute Gasteiger partial charge is 0.255 e. The largest absolute Gasteiger partial charge is 0.495 e. The molecule has 0 aliphatic rings. The molecule has 5 rings (SSSR count). The van der Waals surface area contributed by atoms with Gasteiger partial charge in [-0.1, -0.05) is 17.7 Å². The van der Waals surface area contributed by atoms with E-state index in [2.05, 4.69) is 9.97 Å². The van der Waals surface area contributed by atoms with E-state index >= 15 is 4.39 Å². The number of hydrogen-bond acceptors (Lipinski definition) is 6. The third-order valence-corrected chi connectivity index (χ3v) is 8.07. The van der Waals surface area contributed by atoms with Gasteiger partial charge in [-0.05, 0) is 72.6 Å². The van der Waals surface area contributed by atoms with Gasteiger partial charge in [-0.3, -0.25) is 9.36 Å². The summed E-state index contributed by atoms with van der Waals surface area (Å²) in [4.78, 5) is 21.0. The molecule has 0 aliphatic carbocycles. The van der Waals surface area contributed by atoms with Gasteiger partial charge in [-0.2, -0.15) is 0 Å². The SMILES string of the molecule is COc1cc(-c2cc(C)c(-n3c(=O)ccc4cc(S(=O)(=O)Cc5ncccn5)ccc43)cc2F)ccc1Cl. The number of methoxy groups -OCH3 is 1. The predicted octanol–water partition coefficient (Wildman–Crippen LogP) is 5.53. The summed E-state index contributed by atoms with van der Waals surface area (Å²) in [5.41, 5.74) is 1.94. The van der Waals surface area contributed by atoms with Crippen LogP contribution in [0.3, 0.4) is 0 Å². The number of rotatable bonds is 6. The number of aryl methyl sites for hydroxylation is 1. The topological polar surface area (TPSA) is 91.2 Å². The molecule has 0 fully saturated rings. The normalized spacial score (nSPS) is 11.6. The molecule has 192 valence electrons. The van der Waals surface area contributed by atoms with Crippen molar-refractivity contribution in [1.82, 2.24) is 14.5 Å². The highest BCUT2D eigenvalue weighted by molar-refractivity contribution is 7.90. The molecular weight excluding hydrogens is 529 g/mol. The summed E-state index contributed by atoms with van der Waals surface area (Å²) in [5.74, 6) is -0.302. The van der Waals surface area contributed by atoms with Crippen LogP contribution in [-0.4, -0.2) is 30.1 Å². The lowest BCUT2D eigenvalue weighted by molar-refractivity contribution is 0.415. The van der Waals surface area contributed by atoms with E-state index in [9.17, 15) is 13.2 Å². The Morgan fingerprint density at radius 3 is 2.50 bits per heavy atom. The average molecular weight is 550 g/mol. The zero-order valence-electron chi connectivity index (χ0n) is 20.4. The minimum Gasteiger partial charge on any atom is -0.495 e. The molecule has 0 bridgehead atoms. The minimum atomic E-state index is -3.74. The number of fused-ring (bicyclic) bond motifs is 1. The summed E-state index contributed by atoms with van der Waals surface area (Å²) in [5, 5.41) is 0.913. The molecule has 3 aromatic carbocycles. The maximum absolute atomic E-state index is 15.4. The second-order valence-electron chi connectivity index (χ2n) is 8.62. The van der Waals surface area contributed by atoms with Gasteiger partial charge >= 0.3 is 0 Å². The second-order valence-corrected chi connectivity index (χ2v) is 11.0. The summed E-state index contributed by atoms with van der Waals surface area (Å²) >= 11 is 6.11. The molecule has 2 aromatic heterocycles. The Balaban J connectivity index is 1.60. The molecule has 5 aromatic rings. The lowest BCUT2D eigenvalue weighted by Gasteiger charge is -2.16. The Bertz CT molecular complexity index is 1860. The Morgan fingerprint density at radius 2 is 1.76 bits per heavy atom. The molecule has 0 radical (unpaired) electrons. The number of aromatic nitrogens is 3. The van der Waals surface area contributed by atoms with Crippen molar-refractivity contribution in [2.75, 3.05) is 7.11 Å². The first kappa shape index (κ1) is 25.6. The number of benzene rings is 3. The number of hydrogen-bond donors (Lipinski definition) is 0. The first-order chi connectivity index (χ1) is 18.2. The van der Waals surface area contributed by atoms with Crippen LogP contribution in [0.1, 0.15) is 11.4 Å². The molecule has 0 spiro atoms. The lowest BCUT2D eigenvalue weighted by Crippen LogP contribution is -2.19. The quantitative estimate of drug-likeness (QED) is 0.276. The van der Waals surface area contributed by atoms with Crippen molar-refractivity contribution in [1.29, 1.82) is 0 Å². The van der Waals surface area contributed by atoms with Crippen LogP contribution in [0.4, 0.5) is 4.39 Å². The van der Waals surface area contributed by atoms with E-state index in [0.29, 0.717) is 44.1 Å². The molecule has 2 heterocycles. The van der Waals surface area contributed by atoms with Gasteiger partial charge in [-0.25, -0.2) is 22.8 Å². The molecule has 0 atom stereocenters. The fourth-order valence-corrected chi connectivity index (χ4v) is 5.72. The number of sulfone groups is 1. The third-order valence-electron chi connectivity index (χ3n) is 6.15. The molecule has 10 heteroatoms. The highest BCUT2D eigenvalue weighted by atomic mass is 35.5. The molecule has 7 nitrogen and oxygen atoms in total. The number of halogens is 2. The fourth-order valence-electron chi connectivity index (χ4n) is 4.28. The highest BCUT2D eigenvalue weighted by Gasteiger charge is 2.19. The van der Waals surface area contributed by atoms with Crippen molar-refractivity contribution in [3.8, 4) is 22.6 Å². The monoisotopic (exact) mass is 549 g/mol. The van der Waals surface area contributed by atoms with Crippen molar-refractivity contribution in [3.05, 3.63) is 112 Å². The van der Waals surface area contributed by atoms with Gasteiger partial charge in [0.15, 0.2) is 9.84 Å². The molecule has 0 aliphatic heterocycles. The lowest BCUT2D eigenvalue weighted by atomic mass is 10.0. The van der Waals surface area contributed by atoms with Gasteiger partial charge in [0.2, 0.25) is 0 Å². The maximum atomic E-state index is 15.4. The summed E-state index contributed by atoms with van der Waals surface area (Å²) in [6.07, 6.45) is 2.96. The minimum absolute atomic E-state index is 0.0672. The molecule has 0 N–H and O–H groups in total. The van der Waals surface area contributed by atoms with Crippen LogP contribution in [0.2, 0.25) is 5.02 Å². The van der Waals surface area contributed by atoms with Gasteiger partial charge in [0.1, 0.15) is 23.1 Å². The fraction of sp³-hybridized carbons (Fsp3) is 0.107. The van der Waals surface area contributed by atoms with E-state index in [1.165, 1.54) is 48.3 Å². The Hall–Kier alpha value is -4.08. The van der Waals surface area contributed by atoms with Gasteiger partial charge in [0.25, 0.3) is 5.56 Å². The van der Waals surface area contributed by atoms with E-state index in [1.54, 1.807) is 49.4 Å². The standard InChI is InChI=1S/C28H21ClFN3O4S/c1-17-12-21(18-4-7-22(29)26(14-18)37-2)23(30)15-25(17)33-24-8-6-20(13-19(24)5-9-28(33)34)38(35,36)16-27-31-10-3-11-32-27/h3-15H,16H2,1-2H3. The van der Waals surface area contributed by atoms with Crippen molar-refractivity contribution in [3.63, 3.8) is 0 Å². The molecule has 0 amide bonds. The van der Waals surface area contributed by atoms with E-state index in [4.69, 9.17) is 16.3 Å². The van der Waals surface area contributed by atoms with Crippen LogP contribution in [0.15, 0.2) is 88.8 Å². The van der Waals surface area contributed by atoms with Crippen LogP contribution in [0, 0.1) is 12.7 Å². The number of nitrogens with zero attached hydrogens (tertiary/aromatic N) is 3. The van der Waals surface area contributed by atoms with Crippen molar-refractivity contribution < 1.29 is 17.5 Å². The summed E-state index contributed by atoms with van der Waals surface area (Å²) < 4.78 is 48.0. The van der Waals surface area contributed by atoms with E-state index in [-0.39, 0.29) is 22.0 Å². The van der Waals surface area contributed by atoms with Gasteiger partial charge < -0.3 is 4.74 Å². The summed E-state index contributed by atoms with van der Waals surface area (Å²) in [7, 11) is -2.26. The van der Waals surface area contributed by atoms with E-state index in [1.807, 2.05) is 0 Å². The second kappa shape index (κ2) is 10.00. The van der Waals surface area contributed by atoms with Crippen LogP contribution in [0.5, 0.6) is 5.75 Å². The molecule has 0 saturated heterocycles. The maximum Gasteiger partial charge on any atom is 0.255 e. The number of ether oxygens (including phenoxy) is 1. The summed E-state index contributed by atoms with van der Waals surface area (Å²) in [6.45, 7) is 1.77. The first-order valence-electron chi connectivity index (χ1n) is 11.5. The zero-order chi connectivity index (χ0) is 27.0. The van der Waals surface area contributed by atoms with Crippen molar-refractivity contribution in [2.45, 2.75) is 17.6 Å². The number of pyridine rings is 1. The third kappa shape index (κ3) is 4.78. The van der Waals surface area contributed by atoms with Crippen molar-refractivity contribution >= 4 is 32.3 Å². The molecule has 0 unspecified atom stereocenters. The van der Waals surface area contributed by atoms with E-state index in [0.717, 1.165) is 0 Å². The molecular formula is C28H21ClFN3O4S. The molecule has 38 heavy (non-hydrogen) atoms. The first-order valence-corrected chi connectivity index (χ1v) is 13.5. The van der Waals surface area contributed by atoms with Gasteiger partial charge in [0, 0.05) is 29.4 Å². The van der Waals surface area contributed by atoms with E-state index < -0.39 is 15.7 Å². The molecule has 0 saturated carbocycles. The predicted molar refractivity (Wildman–Crippen MR) is 144 cm³/mol. The van der Waals surface area contributed by atoms with Crippen LogP contribution < -0.4 is 10.3 Å². The zero-order valence-corrected chi connectivity index (χ0v) is 21.9. The Labute approximate surface area is 223 Å². The average Bonchev–Trinajstić information content (AvgIpc) is 2.90.